The molecule has 19 heavy (non-hydrogen) atoms. The maximum absolute atomic E-state index is 6.25. The summed E-state index contributed by atoms with van der Waals surface area (Å²) in [6, 6.07) is 14.1. The van der Waals surface area contributed by atoms with Crippen LogP contribution in [-0.4, -0.2) is 14.1 Å². The van der Waals surface area contributed by atoms with E-state index in [-0.39, 0.29) is 0 Å². The first-order valence-corrected chi connectivity index (χ1v) is 7.20. The Morgan fingerprint density at radius 3 is 2.53 bits per heavy atom. The van der Waals surface area contributed by atoms with Gasteiger partial charge in [0.15, 0.2) is 0 Å². The molecule has 4 heteroatoms. The van der Waals surface area contributed by atoms with Crippen LogP contribution in [0.15, 0.2) is 46.9 Å². The lowest BCUT2D eigenvalue weighted by Crippen LogP contribution is -2.12. The van der Waals surface area contributed by atoms with Crippen LogP contribution < -0.4 is 10.2 Å². The SMILES string of the molecule is CN(C)c1c(Cl)cccc1NCc1ccccc1Br. The fourth-order valence-electron chi connectivity index (χ4n) is 1.94. The average molecular weight is 340 g/mol. The van der Waals surface area contributed by atoms with Gasteiger partial charge in [-0.25, -0.2) is 0 Å². The molecule has 2 aromatic rings. The molecule has 0 amide bonds. The number of benzene rings is 2. The maximum atomic E-state index is 6.25. The zero-order valence-corrected chi connectivity index (χ0v) is 13.3. The topological polar surface area (TPSA) is 15.3 Å². The van der Waals surface area contributed by atoms with Crippen molar-refractivity contribution in [1.82, 2.24) is 0 Å². The lowest BCUT2D eigenvalue weighted by molar-refractivity contribution is 1.10. The van der Waals surface area contributed by atoms with E-state index in [0.717, 1.165) is 27.4 Å². The highest BCUT2D eigenvalue weighted by Crippen LogP contribution is 2.33. The highest BCUT2D eigenvalue weighted by Gasteiger charge is 2.09. The molecule has 0 aromatic heterocycles. The maximum Gasteiger partial charge on any atom is 0.0786 e. The second-order valence-corrected chi connectivity index (χ2v) is 5.74. The van der Waals surface area contributed by atoms with Gasteiger partial charge in [-0.15, -0.1) is 0 Å². The molecule has 0 radical (unpaired) electrons. The van der Waals surface area contributed by atoms with E-state index in [1.165, 1.54) is 5.56 Å². The number of hydrogen-bond acceptors (Lipinski definition) is 2. The summed E-state index contributed by atoms with van der Waals surface area (Å²) in [5.74, 6) is 0. The Labute approximate surface area is 127 Å². The average Bonchev–Trinajstić information content (AvgIpc) is 2.37. The zero-order chi connectivity index (χ0) is 13.8. The first-order chi connectivity index (χ1) is 9.09. The number of rotatable bonds is 4. The molecule has 0 saturated heterocycles. The molecule has 0 fully saturated rings. The number of para-hydroxylation sites is 1. The third kappa shape index (κ3) is 3.43. The van der Waals surface area contributed by atoms with Crippen LogP contribution in [0.5, 0.6) is 0 Å². The van der Waals surface area contributed by atoms with E-state index in [2.05, 4.69) is 27.3 Å². The lowest BCUT2D eigenvalue weighted by atomic mass is 10.2. The molecule has 0 spiro atoms. The summed E-state index contributed by atoms with van der Waals surface area (Å²) in [5, 5.41) is 4.19. The van der Waals surface area contributed by atoms with E-state index < -0.39 is 0 Å². The van der Waals surface area contributed by atoms with Crippen LogP contribution in [-0.2, 0) is 6.54 Å². The van der Waals surface area contributed by atoms with Gasteiger partial charge in [0.25, 0.3) is 0 Å². The number of nitrogens with one attached hydrogen (secondary N) is 1. The molecule has 1 N–H and O–H groups in total. The molecule has 0 atom stereocenters. The van der Waals surface area contributed by atoms with Gasteiger partial charge < -0.3 is 10.2 Å². The number of halogens is 2. The van der Waals surface area contributed by atoms with Gasteiger partial charge in [-0.3, -0.25) is 0 Å². The number of nitrogens with zero attached hydrogens (tertiary/aromatic N) is 1. The van der Waals surface area contributed by atoms with E-state index >= 15 is 0 Å². The van der Waals surface area contributed by atoms with Crippen molar-refractivity contribution in [3.63, 3.8) is 0 Å². The van der Waals surface area contributed by atoms with E-state index in [4.69, 9.17) is 11.6 Å². The Bertz CT molecular complexity index is 570. The van der Waals surface area contributed by atoms with Gasteiger partial charge in [0.1, 0.15) is 0 Å². The standard InChI is InChI=1S/C15H16BrClN2/c1-19(2)15-13(17)8-5-9-14(15)18-10-11-6-3-4-7-12(11)16/h3-9,18H,10H2,1-2H3. The predicted octanol–water partition coefficient (Wildman–Crippen LogP) is 4.78. The number of anilines is 2. The second kappa shape index (κ2) is 6.31. The third-order valence-corrected chi connectivity index (χ3v) is 3.94. The minimum absolute atomic E-state index is 0.752. The summed E-state index contributed by atoms with van der Waals surface area (Å²) < 4.78 is 1.11. The Kier molecular flexibility index (Phi) is 4.72. The molecule has 0 aliphatic carbocycles. The van der Waals surface area contributed by atoms with E-state index in [0.29, 0.717) is 0 Å². The molecule has 0 bridgehead atoms. The summed E-state index contributed by atoms with van der Waals surface area (Å²) in [6.45, 7) is 0.753. The fraction of sp³-hybridized carbons (Fsp3) is 0.200. The predicted molar refractivity (Wildman–Crippen MR) is 87.2 cm³/mol. The summed E-state index contributed by atoms with van der Waals surface area (Å²) in [7, 11) is 3.98. The molecule has 0 saturated carbocycles. The first-order valence-electron chi connectivity index (χ1n) is 6.02. The fourth-order valence-corrected chi connectivity index (χ4v) is 2.71. The van der Waals surface area contributed by atoms with Crippen molar-refractivity contribution in [1.29, 1.82) is 0 Å². The molecule has 2 aromatic carbocycles. The van der Waals surface area contributed by atoms with Crippen LogP contribution in [0.3, 0.4) is 0 Å². The molecular weight excluding hydrogens is 324 g/mol. The molecular formula is C15H16BrClN2. The van der Waals surface area contributed by atoms with Crippen molar-refractivity contribution < 1.29 is 0 Å². The van der Waals surface area contributed by atoms with Gasteiger partial charge in [0.05, 0.1) is 16.4 Å². The molecule has 100 valence electrons. The summed E-state index contributed by atoms with van der Waals surface area (Å²) in [5.41, 5.74) is 3.26. The normalized spacial score (nSPS) is 10.3. The van der Waals surface area contributed by atoms with Crippen LogP contribution in [0.25, 0.3) is 0 Å². The first kappa shape index (κ1) is 14.2. The Morgan fingerprint density at radius 1 is 1.11 bits per heavy atom. The monoisotopic (exact) mass is 338 g/mol. The van der Waals surface area contributed by atoms with Crippen molar-refractivity contribution >= 4 is 38.9 Å². The highest BCUT2D eigenvalue weighted by molar-refractivity contribution is 9.10. The highest BCUT2D eigenvalue weighted by atomic mass is 79.9. The van der Waals surface area contributed by atoms with Gasteiger partial charge in [0, 0.05) is 25.1 Å². The van der Waals surface area contributed by atoms with Crippen LogP contribution in [0.1, 0.15) is 5.56 Å². The van der Waals surface area contributed by atoms with E-state index in [1.54, 1.807) is 0 Å². The molecule has 2 nitrogen and oxygen atoms in total. The van der Waals surface area contributed by atoms with Crippen molar-refractivity contribution in [3.05, 3.63) is 57.5 Å². The van der Waals surface area contributed by atoms with Gasteiger partial charge >= 0.3 is 0 Å². The Balaban J connectivity index is 2.21. The molecule has 0 unspecified atom stereocenters. The summed E-state index contributed by atoms with van der Waals surface area (Å²) in [6.07, 6.45) is 0. The molecule has 0 aliphatic heterocycles. The van der Waals surface area contributed by atoms with Crippen LogP contribution in [0, 0.1) is 0 Å². The second-order valence-electron chi connectivity index (χ2n) is 4.48. The summed E-state index contributed by atoms with van der Waals surface area (Å²) in [4.78, 5) is 2.02. The summed E-state index contributed by atoms with van der Waals surface area (Å²) >= 11 is 9.80. The van der Waals surface area contributed by atoms with Crippen molar-refractivity contribution in [3.8, 4) is 0 Å². The van der Waals surface area contributed by atoms with Crippen molar-refractivity contribution in [2.24, 2.45) is 0 Å². The minimum Gasteiger partial charge on any atom is -0.379 e. The van der Waals surface area contributed by atoms with Crippen LogP contribution in [0.2, 0.25) is 5.02 Å². The Morgan fingerprint density at radius 2 is 1.84 bits per heavy atom. The van der Waals surface area contributed by atoms with Gasteiger partial charge in [-0.2, -0.15) is 0 Å². The number of hydrogen-bond donors (Lipinski definition) is 1. The zero-order valence-electron chi connectivity index (χ0n) is 11.0. The van der Waals surface area contributed by atoms with E-state index in [1.807, 2.05) is 55.4 Å². The van der Waals surface area contributed by atoms with Crippen molar-refractivity contribution in [2.45, 2.75) is 6.54 Å². The quantitative estimate of drug-likeness (QED) is 0.862. The lowest BCUT2D eigenvalue weighted by Gasteiger charge is -2.20. The van der Waals surface area contributed by atoms with Crippen LogP contribution >= 0.6 is 27.5 Å². The smallest absolute Gasteiger partial charge is 0.0786 e. The Hall–Kier alpha value is -1.19. The van der Waals surface area contributed by atoms with Crippen molar-refractivity contribution in [2.75, 3.05) is 24.3 Å². The third-order valence-electron chi connectivity index (χ3n) is 2.86. The molecule has 0 aliphatic rings. The largest absolute Gasteiger partial charge is 0.379 e. The van der Waals surface area contributed by atoms with Crippen LogP contribution in [0.4, 0.5) is 11.4 Å². The molecule has 2 rings (SSSR count). The van der Waals surface area contributed by atoms with E-state index in [9.17, 15) is 0 Å². The minimum atomic E-state index is 0.752. The van der Waals surface area contributed by atoms with Gasteiger partial charge in [-0.05, 0) is 23.8 Å². The van der Waals surface area contributed by atoms with Gasteiger partial charge in [0.2, 0.25) is 0 Å². The van der Waals surface area contributed by atoms with Gasteiger partial charge in [-0.1, -0.05) is 51.8 Å². The molecule has 0 heterocycles.